The standard InChI is InChI=1S/C7H9ClN2O/c1-10-6-3-5(9)4(8)2-7(6)11/h2-3,10-11H,9H2,1H3. The van der Waals surface area contributed by atoms with Gasteiger partial charge in [-0.3, -0.25) is 0 Å². The molecular formula is C7H9ClN2O. The molecule has 4 N–H and O–H groups in total. The molecule has 4 heteroatoms. The molecule has 0 saturated heterocycles. The Labute approximate surface area is 69.8 Å². The molecule has 0 aliphatic rings. The van der Waals surface area contributed by atoms with Gasteiger partial charge in [-0.2, -0.15) is 0 Å². The van der Waals surface area contributed by atoms with E-state index in [4.69, 9.17) is 17.3 Å². The summed E-state index contributed by atoms with van der Waals surface area (Å²) in [7, 11) is 1.70. The second-order valence-electron chi connectivity index (χ2n) is 2.14. The number of phenolic OH excluding ortho intramolecular Hbond substituents is 1. The van der Waals surface area contributed by atoms with Gasteiger partial charge in [0.2, 0.25) is 0 Å². The van der Waals surface area contributed by atoms with Gasteiger partial charge < -0.3 is 16.2 Å². The molecule has 0 unspecified atom stereocenters. The van der Waals surface area contributed by atoms with Crippen molar-refractivity contribution in [1.29, 1.82) is 0 Å². The SMILES string of the molecule is CNc1cc(N)c(Cl)cc1O. The number of rotatable bonds is 1. The Morgan fingerprint density at radius 1 is 1.55 bits per heavy atom. The van der Waals surface area contributed by atoms with Crippen molar-refractivity contribution in [1.82, 2.24) is 0 Å². The second kappa shape index (κ2) is 2.88. The second-order valence-corrected chi connectivity index (χ2v) is 2.55. The van der Waals surface area contributed by atoms with Crippen LogP contribution < -0.4 is 11.1 Å². The minimum Gasteiger partial charge on any atom is -0.506 e. The van der Waals surface area contributed by atoms with Crippen LogP contribution >= 0.6 is 11.6 Å². The lowest BCUT2D eigenvalue weighted by Crippen LogP contribution is -1.92. The smallest absolute Gasteiger partial charge is 0.140 e. The van der Waals surface area contributed by atoms with Crippen molar-refractivity contribution in [3.8, 4) is 5.75 Å². The van der Waals surface area contributed by atoms with E-state index >= 15 is 0 Å². The number of nitrogens with two attached hydrogens (primary N) is 1. The molecule has 1 aromatic carbocycles. The molecule has 1 aromatic rings. The largest absolute Gasteiger partial charge is 0.506 e. The lowest BCUT2D eigenvalue weighted by atomic mass is 10.2. The van der Waals surface area contributed by atoms with E-state index in [0.717, 1.165) is 0 Å². The first-order valence-electron chi connectivity index (χ1n) is 3.11. The number of aromatic hydroxyl groups is 1. The van der Waals surface area contributed by atoms with Crippen molar-refractivity contribution in [3.05, 3.63) is 17.2 Å². The molecule has 0 saturated carbocycles. The van der Waals surface area contributed by atoms with Crippen molar-refractivity contribution >= 4 is 23.0 Å². The van der Waals surface area contributed by atoms with Crippen molar-refractivity contribution in [2.24, 2.45) is 0 Å². The normalized spacial score (nSPS) is 9.64. The van der Waals surface area contributed by atoms with E-state index in [9.17, 15) is 5.11 Å². The van der Waals surface area contributed by atoms with Crippen LogP contribution in [0.2, 0.25) is 5.02 Å². The van der Waals surface area contributed by atoms with E-state index in [1.54, 1.807) is 13.1 Å². The number of anilines is 2. The number of hydrogen-bond acceptors (Lipinski definition) is 3. The summed E-state index contributed by atoms with van der Waals surface area (Å²) in [5.41, 5.74) is 6.51. The maximum absolute atomic E-state index is 9.21. The summed E-state index contributed by atoms with van der Waals surface area (Å²) >= 11 is 5.63. The van der Waals surface area contributed by atoms with E-state index in [-0.39, 0.29) is 5.75 Å². The quantitative estimate of drug-likeness (QED) is 0.343. The highest BCUT2D eigenvalue weighted by atomic mass is 35.5. The van der Waals surface area contributed by atoms with Gasteiger partial charge >= 0.3 is 0 Å². The predicted molar refractivity (Wildman–Crippen MR) is 47.1 cm³/mol. The van der Waals surface area contributed by atoms with Gasteiger partial charge in [0.25, 0.3) is 0 Å². The fraction of sp³-hybridized carbons (Fsp3) is 0.143. The zero-order valence-electron chi connectivity index (χ0n) is 6.06. The van der Waals surface area contributed by atoms with Crippen molar-refractivity contribution in [2.75, 3.05) is 18.1 Å². The third-order valence-electron chi connectivity index (χ3n) is 1.38. The Morgan fingerprint density at radius 3 is 2.73 bits per heavy atom. The number of phenols is 1. The molecule has 11 heavy (non-hydrogen) atoms. The molecule has 0 aromatic heterocycles. The molecule has 0 atom stereocenters. The zero-order valence-corrected chi connectivity index (χ0v) is 6.81. The molecule has 0 amide bonds. The Hall–Kier alpha value is -1.09. The molecular weight excluding hydrogens is 164 g/mol. The minimum absolute atomic E-state index is 0.103. The van der Waals surface area contributed by atoms with Crippen molar-refractivity contribution in [3.63, 3.8) is 0 Å². The topological polar surface area (TPSA) is 58.3 Å². The summed E-state index contributed by atoms with van der Waals surface area (Å²) in [4.78, 5) is 0. The molecule has 0 aliphatic carbocycles. The molecule has 0 fully saturated rings. The monoisotopic (exact) mass is 172 g/mol. The van der Waals surface area contributed by atoms with Crippen LogP contribution in [0.3, 0.4) is 0 Å². The molecule has 0 aliphatic heterocycles. The van der Waals surface area contributed by atoms with Gasteiger partial charge in [0.15, 0.2) is 0 Å². The molecule has 1 rings (SSSR count). The number of nitrogen functional groups attached to an aromatic ring is 1. The third-order valence-corrected chi connectivity index (χ3v) is 1.71. The maximum Gasteiger partial charge on any atom is 0.140 e. The maximum atomic E-state index is 9.21. The van der Waals surface area contributed by atoms with Gasteiger partial charge in [0.1, 0.15) is 5.75 Å². The van der Waals surface area contributed by atoms with Crippen LogP contribution in [-0.2, 0) is 0 Å². The van der Waals surface area contributed by atoms with Crippen molar-refractivity contribution in [2.45, 2.75) is 0 Å². The van der Waals surface area contributed by atoms with Crippen LogP contribution in [0.5, 0.6) is 5.75 Å². The van der Waals surface area contributed by atoms with Gasteiger partial charge in [-0.15, -0.1) is 0 Å². The minimum atomic E-state index is 0.103. The fourth-order valence-corrected chi connectivity index (χ4v) is 0.938. The van der Waals surface area contributed by atoms with Crippen LogP contribution in [0.1, 0.15) is 0 Å². The first kappa shape index (κ1) is 8.01. The lowest BCUT2D eigenvalue weighted by Gasteiger charge is -2.05. The molecule has 0 bridgehead atoms. The molecule has 3 nitrogen and oxygen atoms in total. The number of nitrogens with one attached hydrogen (secondary N) is 1. The van der Waals surface area contributed by atoms with Gasteiger partial charge in [-0.1, -0.05) is 11.6 Å². The summed E-state index contributed by atoms with van der Waals surface area (Å²) in [6, 6.07) is 2.99. The Morgan fingerprint density at radius 2 is 2.18 bits per heavy atom. The average molecular weight is 173 g/mol. The molecule has 60 valence electrons. The summed E-state index contributed by atoms with van der Waals surface area (Å²) in [6.45, 7) is 0. The molecule has 0 spiro atoms. The Kier molecular flexibility index (Phi) is 2.10. The lowest BCUT2D eigenvalue weighted by molar-refractivity contribution is 0.477. The molecule has 0 heterocycles. The first-order chi connectivity index (χ1) is 5.15. The summed E-state index contributed by atoms with van der Waals surface area (Å²) < 4.78 is 0. The zero-order chi connectivity index (χ0) is 8.43. The van der Waals surface area contributed by atoms with Crippen LogP contribution in [0, 0.1) is 0 Å². The van der Waals surface area contributed by atoms with E-state index in [0.29, 0.717) is 16.4 Å². The van der Waals surface area contributed by atoms with E-state index in [1.165, 1.54) is 6.07 Å². The van der Waals surface area contributed by atoms with Crippen LogP contribution in [0.15, 0.2) is 12.1 Å². The number of benzene rings is 1. The first-order valence-corrected chi connectivity index (χ1v) is 3.48. The van der Waals surface area contributed by atoms with Gasteiger partial charge in [-0.05, 0) is 6.07 Å². The van der Waals surface area contributed by atoms with Gasteiger partial charge in [0.05, 0.1) is 16.4 Å². The predicted octanol–water partition coefficient (Wildman–Crippen LogP) is 1.67. The number of halogens is 1. The van der Waals surface area contributed by atoms with Crippen LogP contribution in [-0.4, -0.2) is 12.2 Å². The average Bonchev–Trinajstić information content (AvgIpc) is 1.97. The molecule has 0 radical (unpaired) electrons. The highest BCUT2D eigenvalue weighted by molar-refractivity contribution is 6.33. The van der Waals surface area contributed by atoms with Crippen LogP contribution in [0.25, 0.3) is 0 Å². The number of hydrogen-bond donors (Lipinski definition) is 3. The highest BCUT2D eigenvalue weighted by Crippen LogP contribution is 2.31. The van der Waals surface area contributed by atoms with Gasteiger partial charge in [0, 0.05) is 13.1 Å². The van der Waals surface area contributed by atoms with E-state index < -0.39 is 0 Å². The van der Waals surface area contributed by atoms with Crippen LogP contribution in [0.4, 0.5) is 11.4 Å². The van der Waals surface area contributed by atoms with Crippen molar-refractivity contribution < 1.29 is 5.11 Å². The highest BCUT2D eigenvalue weighted by Gasteiger charge is 2.02. The fourth-order valence-electron chi connectivity index (χ4n) is 0.780. The van der Waals surface area contributed by atoms with Gasteiger partial charge in [-0.25, -0.2) is 0 Å². The van der Waals surface area contributed by atoms with E-state index in [1.807, 2.05) is 0 Å². The Balaban J connectivity index is 3.21. The Bertz CT molecular complexity index is 275. The summed E-state index contributed by atoms with van der Waals surface area (Å²) in [6.07, 6.45) is 0. The third kappa shape index (κ3) is 1.49. The summed E-state index contributed by atoms with van der Waals surface area (Å²) in [5.74, 6) is 0.103. The van der Waals surface area contributed by atoms with E-state index in [2.05, 4.69) is 5.32 Å². The summed E-state index contributed by atoms with van der Waals surface area (Å²) in [5, 5.41) is 12.4.